The molecular formula is C27H32FN5O3S2. The quantitative estimate of drug-likeness (QED) is 0.489. The lowest BCUT2D eigenvalue weighted by Gasteiger charge is -2.41. The van der Waals surface area contributed by atoms with Crippen LogP contribution in [0.15, 0.2) is 47.4 Å². The normalized spacial score (nSPS) is 16.8. The monoisotopic (exact) mass is 557 g/mol. The topological polar surface area (TPSA) is 85.9 Å². The molecule has 0 bridgehead atoms. The number of carbonyl (C=O) groups is 1. The van der Waals surface area contributed by atoms with Crippen LogP contribution in [0.1, 0.15) is 29.5 Å². The third-order valence-electron chi connectivity index (χ3n) is 7.37. The van der Waals surface area contributed by atoms with Crippen LogP contribution in [0.3, 0.4) is 0 Å². The molecule has 0 spiro atoms. The van der Waals surface area contributed by atoms with E-state index in [0.29, 0.717) is 31.3 Å². The predicted octanol–water partition coefficient (Wildman–Crippen LogP) is 4.19. The van der Waals surface area contributed by atoms with Crippen LogP contribution < -0.4 is 14.5 Å². The van der Waals surface area contributed by atoms with E-state index in [0.717, 1.165) is 46.9 Å². The fourth-order valence-electron chi connectivity index (χ4n) is 5.11. The van der Waals surface area contributed by atoms with Crippen molar-refractivity contribution in [1.29, 1.82) is 0 Å². The first-order valence-corrected chi connectivity index (χ1v) is 15.1. The van der Waals surface area contributed by atoms with E-state index in [9.17, 15) is 17.6 Å². The Morgan fingerprint density at radius 3 is 2.42 bits per heavy atom. The average Bonchev–Trinajstić information content (AvgIpc) is 3.22. The molecular weight excluding hydrogens is 525 g/mol. The van der Waals surface area contributed by atoms with Gasteiger partial charge in [0.25, 0.3) is 10.0 Å². The van der Waals surface area contributed by atoms with Gasteiger partial charge in [-0.25, -0.2) is 17.8 Å². The smallest absolute Gasteiger partial charge is 0.263 e. The SMILES string of the molecule is Cc1nc(NS(=O)(=O)c2ccc(N3CCN(C(=O)[C@@H](C)N4CCCc5cc(F)ccc54)CC3)cc2)sc1C. The molecule has 1 atom stereocenters. The van der Waals surface area contributed by atoms with E-state index in [2.05, 4.69) is 19.5 Å². The highest BCUT2D eigenvalue weighted by atomic mass is 32.2. The van der Waals surface area contributed by atoms with Crippen molar-refractivity contribution in [3.63, 3.8) is 0 Å². The van der Waals surface area contributed by atoms with Crippen molar-refractivity contribution in [2.75, 3.05) is 47.2 Å². The Balaban J connectivity index is 1.19. The van der Waals surface area contributed by atoms with Gasteiger partial charge in [0.2, 0.25) is 5.91 Å². The van der Waals surface area contributed by atoms with Gasteiger partial charge in [0.1, 0.15) is 11.9 Å². The number of sulfonamides is 1. The van der Waals surface area contributed by atoms with Crippen molar-refractivity contribution in [3.05, 3.63) is 64.4 Å². The maximum atomic E-state index is 13.7. The van der Waals surface area contributed by atoms with Crippen LogP contribution in [0, 0.1) is 19.7 Å². The minimum atomic E-state index is -3.73. The molecule has 2 aliphatic rings. The number of carbonyl (C=O) groups excluding carboxylic acids is 1. The number of nitrogens with one attached hydrogen (secondary N) is 1. The van der Waals surface area contributed by atoms with E-state index in [-0.39, 0.29) is 22.7 Å². The summed E-state index contributed by atoms with van der Waals surface area (Å²) in [6, 6.07) is 11.3. The zero-order valence-electron chi connectivity index (χ0n) is 21.8. The van der Waals surface area contributed by atoms with Gasteiger partial charge in [-0.1, -0.05) is 0 Å². The Hall–Kier alpha value is -3.18. The van der Waals surface area contributed by atoms with E-state index in [4.69, 9.17) is 0 Å². The van der Waals surface area contributed by atoms with Crippen LogP contribution in [0.4, 0.5) is 20.9 Å². The summed E-state index contributed by atoms with van der Waals surface area (Å²) in [5, 5.41) is 0.360. The molecule has 202 valence electrons. The molecule has 11 heteroatoms. The molecule has 0 unspecified atom stereocenters. The summed E-state index contributed by atoms with van der Waals surface area (Å²) in [7, 11) is -3.73. The highest BCUT2D eigenvalue weighted by molar-refractivity contribution is 7.93. The predicted molar refractivity (Wildman–Crippen MR) is 149 cm³/mol. The summed E-state index contributed by atoms with van der Waals surface area (Å²) in [4.78, 5) is 24.9. The number of hydrogen-bond acceptors (Lipinski definition) is 7. The first-order chi connectivity index (χ1) is 18.1. The minimum Gasteiger partial charge on any atom is -0.368 e. The molecule has 1 saturated heterocycles. The summed E-state index contributed by atoms with van der Waals surface area (Å²) in [5.74, 6) is -0.172. The van der Waals surface area contributed by atoms with Crippen LogP contribution >= 0.6 is 11.3 Å². The number of aromatic nitrogens is 1. The van der Waals surface area contributed by atoms with Gasteiger partial charge in [-0.2, -0.15) is 0 Å². The summed E-state index contributed by atoms with van der Waals surface area (Å²) in [5.41, 5.74) is 3.63. The highest BCUT2D eigenvalue weighted by Gasteiger charge is 2.31. The Labute approximate surface area is 227 Å². The second-order valence-corrected chi connectivity index (χ2v) is 12.7. The summed E-state index contributed by atoms with van der Waals surface area (Å²) in [6.45, 7) is 8.93. The number of nitrogens with zero attached hydrogens (tertiary/aromatic N) is 4. The van der Waals surface area contributed by atoms with Crippen LogP contribution in [0.2, 0.25) is 0 Å². The van der Waals surface area contributed by atoms with E-state index in [1.807, 2.05) is 25.7 Å². The van der Waals surface area contributed by atoms with E-state index in [1.54, 1.807) is 36.4 Å². The second kappa shape index (κ2) is 10.5. The number of piperazine rings is 1. The molecule has 1 aromatic heterocycles. The second-order valence-electron chi connectivity index (χ2n) is 9.82. The van der Waals surface area contributed by atoms with Gasteiger partial charge in [0, 0.05) is 49.0 Å². The molecule has 1 amide bonds. The van der Waals surface area contributed by atoms with Crippen molar-refractivity contribution < 1.29 is 17.6 Å². The summed E-state index contributed by atoms with van der Waals surface area (Å²) in [6.07, 6.45) is 1.72. The van der Waals surface area contributed by atoms with Crippen molar-refractivity contribution in [2.24, 2.45) is 0 Å². The van der Waals surface area contributed by atoms with Crippen LogP contribution in [-0.2, 0) is 21.2 Å². The molecule has 38 heavy (non-hydrogen) atoms. The number of thiazole rings is 1. The summed E-state index contributed by atoms with van der Waals surface area (Å²) < 4.78 is 41.8. The minimum absolute atomic E-state index is 0.0713. The first kappa shape index (κ1) is 26.4. The number of fused-ring (bicyclic) bond motifs is 1. The molecule has 2 aliphatic heterocycles. The van der Waals surface area contributed by atoms with Crippen molar-refractivity contribution in [2.45, 2.75) is 44.6 Å². The number of rotatable bonds is 6. The van der Waals surface area contributed by atoms with Crippen LogP contribution in [0.25, 0.3) is 0 Å². The maximum absolute atomic E-state index is 13.7. The lowest BCUT2D eigenvalue weighted by atomic mass is 9.99. The fourth-order valence-corrected chi connectivity index (χ4v) is 7.16. The summed E-state index contributed by atoms with van der Waals surface area (Å²) >= 11 is 1.31. The number of benzene rings is 2. The lowest BCUT2D eigenvalue weighted by molar-refractivity contribution is -0.132. The highest BCUT2D eigenvalue weighted by Crippen LogP contribution is 2.30. The molecule has 0 aliphatic carbocycles. The van der Waals surface area contributed by atoms with Gasteiger partial charge in [0.05, 0.1) is 10.6 Å². The van der Waals surface area contributed by atoms with Crippen molar-refractivity contribution >= 4 is 43.8 Å². The van der Waals surface area contributed by atoms with Crippen LogP contribution in [-0.4, -0.2) is 63.0 Å². The van der Waals surface area contributed by atoms with Gasteiger partial charge in [0.15, 0.2) is 5.13 Å². The molecule has 5 rings (SSSR count). The molecule has 8 nitrogen and oxygen atoms in total. The number of hydrogen-bond donors (Lipinski definition) is 1. The first-order valence-electron chi connectivity index (χ1n) is 12.8. The average molecular weight is 558 g/mol. The van der Waals surface area contributed by atoms with Gasteiger partial charge in [-0.3, -0.25) is 9.52 Å². The van der Waals surface area contributed by atoms with E-state index < -0.39 is 10.0 Å². The van der Waals surface area contributed by atoms with E-state index >= 15 is 0 Å². The number of aryl methyl sites for hydroxylation is 3. The standard InChI is InChI=1S/C27H32FN5O3S2/c1-18-20(3)37-27(29-18)30-38(35,36)24-9-7-23(8-10-24)31-13-15-32(16-14-31)26(34)19(2)33-12-4-5-21-17-22(28)6-11-25(21)33/h6-11,17,19H,4-5,12-16H2,1-3H3,(H,29,30)/t19-/m1/s1. The Kier molecular flexibility index (Phi) is 7.32. The van der Waals surface area contributed by atoms with E-state index in [1.165, 1.54) is 17.4 Å². The molecule has 3 heterocycles. The zero-order chi connectivity index (χ0) is 27.0. The number of halogens is 1. The molecule has 0 radical (unpaired) electrons. The lowest BCUT2D eigenvalue weighted by Crippen LogP contribution is -2.55. The zero-order valence-corrected chi connectivity index (χ0v) is 23.4. The maximum Gasteiger partial charge on any atom is 0.263 e. The Morgan fingerprint density at radius 1 is 1.05 bits per heavy atom. The molecule has 2 aromatic carbocycles. The van der Waals surface area contributed by atoms with Gasteiger partial charge in [-0.15, -0.1) is 11.3 Å². The molecule has 3 aromatic rings. The molecule has 1 N–H and O–H groups in total. The van der Waals surface area contributed by atoms with Crippen LogP contribution in [0.5, 0.6) is 0 Å². The third-order valence-corrected chi connectivity index (χ3v) is 9.85. The van der Waals surface area contributed by atoms with Gasteiger partial charge >= 0.3 is 0 Å². The number of amides is 1. The Bertz CT molecular complexity index is 1410. The van der Waals surface area contributed by atoms with Crippen molar-refractivity contribution in [1.82, 2.24) is 9.88 Å². The molecule has 0 saturated carbocycles. The molecule has 1 fully saturated rings. The van der Waals surface area contributed by atoms with Crippen molar-refractivity contribution in [3.8, 4) is 0 Å². The Morgan fingerprint density at radius 2 is 1.76 bits per heavy atom. The van der Waals surface area contributed by atoms with Gasteiger partial charge < -0.3 is 14.7 Å². The third kappa shape index (κ3) is 5.35. The van der Waals surface area contributed by atoms with Gasteiger partial charge in [-0.05, 0) is 81.6 Å². The fraction of sp³-hybridized carbons (Fsp3) is 0.407. The number of anilines is 3. The largest absolute Gasteiger partial charge is 0.368 e.